The number of hydrogen-bond acceptors (Lipinski definition) is 8. The second-order valence-electron chi connectivity index (χ2n) is 5.00. The van der Waals surface area contributed by atoms with Crippen LogP contribution in [0, 0.1) is 6.92 Å². The summed E-state index contributed by atoms with van der Waals surface area (Å²) in [6, 6.07) is 3.57. The number of carbonyl (C=O) groups is 1. The number of methoxy groups -OCH3 is 3. The molecule has 25 heavy (non-hydrogen) atoms. The van der Waals surface area contributed by atoms with Gasteiger partial charge in [-0.2, -0.15) is 0 Å². The Labute approximate surface area is 149 Å². The van der Waals surface area contributed by atoms with E-state index in [0.29, 0.717) is 34.8 Å². The molecule has 1 amide bonds. The van der Waals surface area contributed by atoms with Gasteiger partial charge in [-0.15, -0.1) is 10.2 Å². The predicted octanol–water partition coefficient (Wildman–Crippen LogP) is 0.735. The molecule has 1 heterocycles. The van der Waals surface area contributed by atoms with Gasteiger partial charge in [0, 0.05) is 6.54 Å². The second kappa shape index (κ2) is 8.47. The van der Waals surface area contributed by atoms with Gasteiger partial charge in [0.2, 0.25) is 16.8 Å². The Morgan fingerprint density at radius 1 is 1.20 bits per heavy atom. The summed E-state index contributed by atoms with van der Waals surface area (Å²) in [5, 5.41) is 11.0. The predicted molar refractivity (Wildman–Crippen MR) is 93.6 cm³/mol. The summed E-state index contributed by atoms with van der Waals surface area (Å²) in [5.41, 5.74) is 0.825. The van der Waals surface area contributed by atoms with E-state index in [1.807, 2.05) is 0 Å². The lowest BCUT2D eigenvalue weighted by atomic mass is 10.2. The molecule has 3 N–H and O–H groups in total. The van der Waals surface area contributed by atoms with Crippen LogP contribution in [0.15, 0.2) is 17.3 Å². The third-order valence-corrected chi connectivity index (χ3v) is 4.32. The lowest BCUT2D eigenvalue weighted by molar-refractivity contribution is -0.118. The Morgan fingerprint density at radius 2 is 1.84 bits per heavy atom. The van der Waals surface area contributed by atoms with Crippen LogP contribution in [0.1, 0.15) is 11.4 Å². The van der Waals surface area contributed by atoms with Crippen molar-refractivity contribution in [1.82, 2.24) is 20.2 Å². The van der Waals surface area contributed by atoms with E-state index in [4.69, 9.17) is 20.1 Å². The van der Waals surface area contributed by atoms with Crippen LogP contribution in [0.5, 0.6) is 17.2 Å². The zero-order valence-electron chi connectivity index (χ0n) is 14.5. The number of nitrogens with zero attached hydrogens (tertiary/aromatic N) is 3. The Morgan fingerprint density at radius 3 is 2.32 bits per heavy atom. The highest BCUT2D eigenvalue weighted by Gasteiger charge is 2.14. The second-order valence-corrected chi connectivity index (χ2v) is 5.94. The first-order chi connectivity index (χ1) is 12.0. The minimum atomic E-state index is -0.153. The fourth-order valence-corrected chi connectivity index (χ4v) is 2.80. The summed E-state index contributed by atoms with van der Waals surface area (Å²) >= 11 is 1.22. The van der Waals surface area contributed by atoms with Crippen LogP contribution in [0.2, 0.25) is 0 Å². The van der Waals surface area contributed by atoms with E-state index in [-0.39, 0.29) is 11.7 Å². The number of benzene rings is 1. The molecular weight excluding hydrogens is 346 g/mol. The van der Waals surface area contributed by atoms with Gasteiger partial charge in [-0.1, -0.05) is 11.8 Å². The zero-order valence-corrected chi connectivity index (χ0v) is 15.3. The van der Waals surface area contributed by atoms with Crippen molar-refractivity contribution in [2.75, 3.05) is 32.9 Å². The number of nitrogens with one attached hydrogen (secondary N) is 1. The van der Waals surface area contributed by atoms with Crippen molar-refractivity contribution in [2.24, 2.45) is 0 Å². The van der Waals surface area contributed by atoms with E-state index in [1.165, 1.54) is 23.5 Å². The molecule has 0 fully saturated rings. The highest BCUT2D eigenvalue weighted by molar-refractivity contribution is 7.99. The number of carbonyl (C=O) groups excluding carboxylic acids is 1. The molecular formula is C15H21N5O4S. The summed E-state index contributed by atoms with van der Waals surface area (Å²) < 4.78 is 17.2. The largest absolute Gasteiger partial charge is 0.493 e. The number of rotatable bonds is 8. The van der Waals surface area contributed by atoms with Crippen LogP contribution in [0.3, 0.4) is 0 Å². The van der Waals surface area contributed by atoms with Gasteiger partial charge in [0.1, 0.15) is 5.82 Å². The van der Waals surface area contributed by atoms with Gasteiger partial charge in [0.15, 0.2) is 11.5 Å². The van der Waals surface area contributed by atoms with Gasteiger partial charge < -0.3 is 25.4 Å². The van der Waals surface area contributed by atoms with E-state index in [0.717, 1.165) is 5.56 Å². The number of nitrogen functional groups attached to an aromatic ring is 1. The normalized spacial score (nSPS) is 10.4. The summed E-state index contributed by atoms with van der Waals surface area (Å²) in [6.07, 6.45) is 0. The van der Waals surface area contributed by atoms with Crippen molar-refractivity contribution in [2.45, 2.75) is 18.6 Å². The first-order valence-corrected chi connectivity index (χ1v) is 8.34. The molecule has 0 radical (unpaired) electrons. The first kappa shape index (κ1) is 18.7. The van der Waals surface area contributed by atoms with Crippen LogP contribution in [-0.2, 0) is 11.3 Å². The highest BCUT2D eigenvalue weighted by Crippen LogP contribution is 2.38. The van der Waals surface area contributed by atoms with Gasteiger partial charge in [0.05, 0.1) is 27.1 Å². The fourth-order valence-electron chi connectivity index (χ4n) is 2.07. The average Bonchev–Trinajstić information content (AvgIpc) is 2.95. The molecule has 10 heteroatoms. The molecule has 0 atom stereocenters. The molecule has 1 aromatic heterocycles. The monoisotopic (exact) mass is 367 g/mol. The third kappa shape index (κ3) is 4.47. The molecule has 0 aliphatic rings. The standard InChI is InChI=1S/C15H21N5O4S/c1-9-18-19-15(20(9)16)25-8-13(21)17-7-10-5-11(22-2)14(24-4)12(6-10)23-3/h5-6H,7-8,16H2,1-4H3,(H,17,21). The van der Waals surface area contributed by atoms with Crippen molar-refractivity contribution >= 4 is 17.7 Å². The number of aryl methyl sites for hydroxylation is 1. The summed E-state index contributed by atoms with van der Waals surface area (Å²) in [7, 11) is 4.62. The number of nitrogens with two attached hydrogens (primary N) is 1. The van der Waals surface area contributed by atoms with E-state index in [9.17, 15) is 4.79 Å². The average molecular weight is 367 g/mol. The minimum absolute atomic E-state index is 0.153. The van der Waals surface area contributed by atoms with E-state index >= 15 is 0 Å². The van der Waals surface area contributed by atoms with E-state index in [1.54, 1.807) is 33.3 Å². The molecule has 2 aromatic rings. The zero-order chi connectivity index (χ0) is 18.4. The molecule has 136 valence electrons. The molecule has 1 aromatic carbocycles. The lowest BCUT2D eigenvalue weighted by Gasteiger charge is -2.14. The Hall–Kier alpha value is -2.62. The number of aromatic nitrogens is 3. The van der Waals surface area contributed by atoms with Crippen LogP contribution >= 0.6 is 11.8 Å². The maximum absolute atomic E-state index is 12.0. The molecule has 0 saturated heterocycles. The van der Waals surface area contributed by atoms with Crippen LogP contribution < -0.4 is 25.4 Å². The maximum atomic E-state index is 12.0. The van der Waals surface area contributed by atoms with Crippen molar-refractivity contribution in [3.05, 3.63) is 23.5 Å². The van der Waals surface area contributed by atoms with E-state index < -0.39 is 0 Å². The van der Waals surface area contributed by atoms with Gasteiger partial charge in [-0.25, -0.2) is 4.68 Å². The van der Waals surface area contributed by atoms with Crippen LogP contribution in [0.25, 0.3) is 0 Å². The van der Waals surface area contributed by atoms with Gasteiger partial charge in [0.25, 0.3) is 0 Å². The van der Waals surface area contributed by atoms with Gasteiger partial charge in [-0.05, 0) is 24.6 Å². The molecule has 0 unspecified atom stereocenters. The fraction of sp³-hybridized carbons (Fsp3) is 0.400. The Balaban J connectivity index is 1.96. The van der Waals surface area contributed by atoms with Crippen molar-refractivity contribution in [3.63, 3.8) is 0 Å². The minimum Gasteiger partial charge on any atom is -0.493 e. The highest BCUT2D eigenvalue weighted by atomic mass is 32.2. The first-order valence-electron chi connectivity index (χ1n) is 7.35. The SMILES string of the molecule is COc1cc(CNC(=O)CSc2nnc(C)n2N)cc(OC)c1OC. The van der Waals surface area contributed by atoms with Crippen LogP contribution in [-0.4, -0.2) is 47.9 Å². The summed E-state index contributed by atoms with van der Waals surface area (Å²) in [5.74, 6) is 7.93. The summed E-state index contributed by atoms with van der Waals surface area (Å²) in [6.45, 7) is 2.06. The Bertz CT molecular complexity index is 725. The number of thioether (sulfide) groups is 1. The smallest absolute Gasteiger partial charge is 0.230 e. The molecule has 0 aliphatic carbocycles. The lowest BCUT2D eigenvalue weighted by Crippen LogP contribution is -2.25. The number of hydrogen-bond donors (Lipinski definition) is 2. The maximum Gasteiger partial charge on any atom is 0.230 e. The third-order valence-electron chi connectivity index (χ3n) is 3.38. The molecule has 0 bridgehead atoms. The number of ether oxygens (including phenoxy) is 3. The molecule has 0 spiro atoms. The molecule has 9 nitrogen and oxygen atoms in total. The van der Waals surface area contributed by atoms with Gasteiger partial charge in [-0.3, -0.25) is 4.79 Å². The topological polar surface area (TPSA) is 114 Å². The van der Waals surface area contributed by atoms with Crippen LogP contribution in [0.4, 0.5) is 0 Å². The van der Waals surface area contributed by atoms with Gasteiger partial charge >= 0.3 is 0 Å². The van der Waals surface area contributed by atoms with Crippen molar-refractivity contribution in [3.8, 4) is 17.2 Å². The summed E-state index contributed by atoms with van der Waals surface area (Å²) in [4.78, 5) is 12.0. The molecule has 0 aliphatic heterocycles. The van der Waals surface area contributed by atoms with Crippen molar-refractivity contribution in [1.29, 1.82) is 0 Å². The quantitative estimate of drug-likeness (QED) is 0.519. The Kier molecular flexibility index (Phi) is 6.34. The van der Waals surface area contributed by atoms with E-state index in [2.05, 4.69) is 15.5 Å². The molecule has 0 saturated carbocycles. The molecule has 2 rings (SSSR count). The number of amides is 1. The van der Waals surface area contributed by atoms with Crippen molar-refractivity contribution < 1.29 is 19.0 Å².